The van der Waals surface area contributed by atoms with Crippen molar-refractivity contribution < 1.29 is 22.6 Å². The average Bonchev–Trinajstić information content (AvgIpc) is 3.18. The van der Waals surface area contributed by atoms with Crippen LogP contribution in [0.2, 0.25) is 0 Å². The fourth-order valence-electron chi connectivity index (χ4n) is 2.80. The predicted octanol–water partition coefficient (Wildman–Crippen LogP) is 3.37. The zero-order valence-electron chi connectivity index (χ0n) is 13.2. The van der Waals surface area contributed by atoms with Crippen molar-refractivity contribution in [3.8, 4) is 0 Å². The highest BCUT2D eigenvalue weighted by molar-refractivity contribution is 5.28. The molecule has 0 bridgehead atoms. The molecule has 1 aromatic heterocycles. The number of nitrogens with zero attached hydrogens (tertiary/aromatic N) is 3. The van der Waals surface area contributed by atoms with Gasteiger partial charge < -0.3 is 9.47 Å². The first kappa shape index (κ1) is 16.9. The van der Waals surface area contributed by atoms with Crippen LogP contribution in [0.3, 0.4) is 0 Å². The van der Waals surface area contributed by atoms with E-state index in [-0.39, 0.29) is 12.6 Å². The summed E-state index contributed by atoms with van der Waals surface area (Å²) < 4.78 is 51.9. The molecule has 0 amide bonds. The summed E-state index contributed by atoms with van der Waals surface area (Å²) in [4.78, 5) is 3.88. The molecule has 1 aliphatic rings. The van der Waals surface area contributed by atoms with Crippen LogP contribution in [0.4, 0.5) is 13.2 Å². The monoisotopic (exact) mass is 341 g/mol. The molecule has 130 valence electrons. The second-order valence-electron chi connectivity index (χ2n) is 5.76. The van der Waals surface area contributed by atoms with Crippen molar-refractivity contribution in [2.45, 2.75) is 44.4 Å². The maximum atomic E-state index is 12.8. The highest BCUT2D eigenvalue weighted by Gasteiger charge is 2.44. The third kappa shape index (κ3) is 3.44. The summed E-state index contributed by atoms with van der Waals surface area (Å²) in [7, 11) is 0. The molecule has 0 saturated carbocycles. The predicted molar refractivity (Wildman–Crippen MR) is 78.9 cm³/mol. The Balaban J connectivity index is 1.90. The maximum Gasteiger partial charge on any atom is 0.416 e. The number of benzene rings is 1. The zero-order chi connectivity index (χ0) is 17.2. The van der Waals surface area contributed by atoms with Crippen LogP contribution in [0.15, 0.2) is 36.9 Å². The lowest BCUT2D eigenvalue weighted by atomic mass is 10.0. The van der Waals surface area contributed by atoms with Crippen molar-refractivity contribution in [1.82, 2.24) is 14.8 Å². The Morgan fingerprint density at radius 1 is 1.29 bits per heavy atom. The molecule has 8 heteroatoms. The molecule has 1 aliphatic heterocycles. The Hall–Kier alpha value is -1.93. The van der Waals surface area contributed by atoms with Crippen LogP contribution in [-0.2, 0) is 28.0 Å². The van der Waals surface area contributed by atoms with Crippen molar-refractivity contribution in [3.63, 3.8) is 0 Å². The van der Waals surface area contributed by atoms with Gasteiger partial charge in [0.2, 0.25) is 5.79 Å². The summed E-state index contributed by atoms with van der Waals surface area (Å²) in [5, 5.41) is 4.04. The highest BCUT2D eigenvalue weighted by Crippen LogP contribution is 2.38. The van der Waals surface area contributed by atoms with E-state index in [0.29, 0.717) is 12.2 Å². The first-order valence-corrected chi connectivity index (χ1v) is 7.75. The van der Waals surface area contributed by atoms with Crippen molar-refractivity contribution in [1.29, 1.82) is 0 Å². The quantitative estimate of drug-likeness (QED) is 0.837. The van der Waals surface area contributed by atoms with E-state index in [2.05, 4.69) is 10.1 Å². The lowest BCUT2D eigenvalue weighted by Gasteiger charge is -2.28. The van der Waals surface area contributed by atoms with Gasteiger partial charge >= 0.3 is 6.18 Å². The van der Waals surface area contributed by atoms with Crippen LogP contribution in [0.25, 0.3) is 0 Å². The molecule has 0 unspecified atom stereocenters. The molecule has 0 N–H and O–H groups in total. The third-order valence-electron chi connectivity index (χ3n) is 3.96. The van der Waals surface area contributed by atoms with Crippen LogP contribution in [0.5, 0.6) is 0 Å². The fourth-order valence-corrected chi connectivity index (χ4v) is 2.80. The van der Waals surface area contributed by atoms with E-state index in [1.165, 1.54) is 24.8 Å². The number of hydrogen-bond acceptors (Lipinski definition) is 4. The minimum absolute atomic E-state index is 0.0965. The molecular formula is C16H18F3N3O2. The minimum atomic E-state index is -4.38. The van der Waals surface area contributed by atoms with E-state index < -0.39 is 17.5 Å². The lowest BCUT2D eigenvalue weighted by molar-refractivity contribution is -0.189. The molecule has 1 aromatic carbocycles. The first-order chi connectivity index (χ1) is 11.4. The summed E-state index contributed by atoms with van der Waals surface area (Å²) >= 11 is 0. The lowest BCUT2D eigenvalue weighted by Crippen LogP contribution is -2.34. The van der Waals surface area contributed by atoms with Gasteiger partial charge in [0.1, 0.15) is 19.2 Å². The van der Waals surface area contributed by atoms with Crippen LogP contribution >= 0.6 is 0 Å². The topological polar surface area (TPSA) is 49.2 Å². The molecule has 2 atom stereocenters. The van der Waals surface area contributed by atoms with Gasteiger partial charge in [0.05, 0.1) is 18.3 Å². The molecule has 1 fully saturated rings. The van der Waals surface area contributed by atoms with E-state index in [9.17, 15) is 13.2 Å². The zero-order valence-corrected chi connectivity index (χ0v) is 13.2. The molecule has 3 rings (SSSR count). The molecule has 2 heterocycles. The van der Waals surface area contributed by atoms with Crippen LogP contribution in [0.1, 0.15) is 30.9 Å². The first-order valence-electron chi connectivity index (χ1n) is 7.75. The SMILES string of the molecule is CCC[C@H]1CO[C@@](Cn2cncn2)(c2ccc(C(F)(F)F)cc2)O1. The highest BCUT2D eigenvalue weighted by atomic mass is 19.4. The van der Waals surface area contributed by atoms with Gasteiger partial charge in [-0.05, 0) is 18.6 Å². The van der Waals surface area contributed by atoms with Gasteiger partial charge in [0.15, 0.2) is 0 Å². The molecule has 24 heavy (non-hydrogen) atoms. The van der Waals surface area contributed by atoms with Gasteiger partial charge in [-0.25, -0.2) is 9.67 Å². The van der Waals surface area contributed by atoms with Gasteiger partial charge in [-0.2, -0.15) is 18.3 Å². The molecule has 0 radical (unpaired) electrons. The number of halogens is 3. The molecular weight excluding hydrogens is 323 g/mol. The average molecular weight is 341 g/mol. The summed E-state index contributed by atoms with van der Waals surface area (Å²) in [5.74, 6) is -1.16. The van der Waals surface area contributed by atoms with E-state index >= 15 is 0 Å². The number of alkyl halides is 3. The molecule has 2 aromatic rings. The maximum absolute atomic E-state index is 12.8. The van der Waals surface area contributed by atoms with Crippen LogP contribution in [0, 0.1) is 0 Å². The Bertz CT molecular complexity index is 658. The van der Waals surface area contributed by atoms with Crippen molar-refractivity contribution >= 4 is 0 Å². The Morgan fingerprint density at radius 3 is 2.62 bits per heavy atom. The molecule has 0 spiro atoms. The van der Waals surface area contributed by atoms with Crippen LogP contribution in [-0.4, -0.2) is 27.5 Å². The van der Waals surface area contributed by atoms with Crippen molar-refractivity contribution in [2.75, 3.05) is 6.61 Å². The number of rotatable bonds is 5. The Labute approximate surface area is 137 Å². The van der Waals surface area contributed by atoms with E-state index in [0.717, 1.165) is 25.0 Å². The molecule has 5 nitrogen and oxygen atoms in total. The number of aromatic nitrogens is 3. The largest absolute Gasteiger partial charge is 0.416 e. The van der Waals surface area contributed by atoms with E-state index in [4.69, 9.17) is 9.47 Å². The summed E-state index contributed by atoms with van der Waals surface area (Å²) in [6.07, 6.45) is 0.186. The van der Waals surface area contributed by atoms with Gasteiger partial charge in [-0.1, -0.05) is 25.5 Å². The van der Waals surface area contributed by atoms with Gasteiger partial charge in [-0.3, -0.25) is 0 Å². The minimum Gasteiger partial charge on any atom is -0.342 e. The summed E-state index contributed by atoms with van der Waals surface area (Å²) in [6.45, 7) is 2.65. The van der Waals surface area contributed by atoms with Gasteiger partial charge in [-0.15, -0.1) is 0 Å². The molecule has 1 saturated heterocycles. The molecule has 0 aliphatic carbocycles. The Morgan fingerprint density at radius 2 is 2.04 bits per heavy atom. The van der Waals surface area contributed by atoms with E-state index in [1.807, 2.05) is 6.92 Å². The standard InChI is InChI=1S/C16H18F3N3O2/c1-2-3-14-8-23-15(24-14,9-22-11-20-10-21-22)12-4-6-13(7-5-12)16(17,18)19/h4-7,10-11,14H,2-3,8-9H2,1H3/t14-,15+/m0/s1. The smallest absolute Gasteiger partial charge is 0.342 e. The summed E-state index contributed by atoms with van der Waals surface area (Å²) in [5.41, 5.74) is -0.171. The second-order valence-corrected chi connectivity index (χ2v) is 5.76. The second kappa shape index (κ2) is 6.52. The van der Waals surface area contributed by atoms with Crippen molar-refractivity contribution in [2.24, 2.45) is 0 Å². The normalized spacial score (nSPS) is 24.4. The summed E-state index contributed by atoms with van der Waals surface area (Å²) in [6, 6.07) is 4.87. The number of hydrogen-bond donors (Lipinski definition) is 0. The van der Waals surface area contributed by atoms with Crippen molar-refractivity contribution in [3.05, 3.63) is 48.0 Å². The van der Waals surface area contributed by atoms with Gasteiger partial charge in [0, 0.05) is 5.56 Å². The van der Waals surface area contributed by atoms with Crippen LogP contribution < -0.4 is 0 Å². The van der Waals surface area contributed by atoms with Gasteiger partial charge in [0.25, 0.3) is 0 Å². The third-order valence-corrected chi connectivity index (χ3v) is 3.96. The Kier molecular flexibility index (Phi) is 4.60. The fraction of sp³-hybridized carbons (Fsp3) is 0.500. The number of ether oxygens (including phenoxy) is 2. The van der Waals surface area contributed by atoms with E-state index in [1.54, 1.807) is 4.68 Å².